The van der Waals surface area contributed by atoms with Crippen LogP contribution in [0, 0.1) is 5.82 Å². The van der Waals surface area contributed by atoms with Crippen molar-refractivity contribution >= 4 is 5.69 Å². The van der Waals surface area contributed by atoms with Gasteiger partial charge in [-0.2, -0.15) is 0 Å². The van der Waals surface area contributed by atoms with Gasteiger partial charge in [0.15, 0.2) is 0 Å². The fourth-order valence-corrected chi connectivity index (χ4v) is 1.97. The Kier molecular flexibility index (Phi) is 8.23. The average molecular weight is 267 g/mol. The maximum absolute atomic E-state index is 12.7. The van der Waals surface area contributed by atoms with E-state index in [4.69, 9.17) is 4.74 Å². The van der Waals surface area contributed by atoms with Crippen molar-refractivity contribution in [2.24, 2.45) is 0 Å². The van der Waals surface area contributed by atoms with Gasteiger partial charge in [-0.15, -0.1) is 0 Å². The number of anilines is 1. The minimum Gasteiger partial charge on any atom is -0.383 e. The van der Waals surface area contributed by atoms with Crippen molar-refractivity contribution in [3.63, 3.8) is 0 Å². The second-order valence-corrected chi connectivity index (χ2v) is 4.96. The third-order valence-corrected chi connectivity index (χ3v) is 3.14. The third kappa shape index (κ3) is 7.83. The number of unbranched alkanes of at least 4 members (excludes halogenated alkanes) is 3. The van der Waals surface area contributed by atoms with Crippen LogP contribution < -0.4 is 5.32 Å². The van der Waals surface area contributed by atoms with Crippen molar-refractivity contribution in [3.8, 4) is 0 Å². The van der Waals surface area contributed by atoms with E-state index in [9.17, 15) is 4.39 Å². The van der Waals surface area contributed by atoms with Crippen molar-refractivity contribution in [1.29, 1.82) is 0 Å². The van der Waals surface area contributed by atoms with Gasteiger partial charge in [0.2, 0.25) is 0 Å². The molecular formula is C16H26FNO. The lowest BCUT2D eigenvalue weighted by atomic mass is 10.1. The lowest BCUT2D eigenvalue weighted by molar-refractivity contribution is 0.0658. The highest BCUT2D eigenvalue weighted by atomic mass is 19.1. The summed E-state index contributed by atoms with van der Waals surface area (Å²) in [6, 6.07) is 6.39. The monoisotopic (exact) mass is 267 g/mol. The molecule has 1 aromatic carbocycles. The highest BCUT2D eigenvalue weighted by Crippen LogP contribution is 2.09. The van der Waals surface area contributed by atoms with Crippen LogP contribution in [0.2, 0.25) is 0 Å². The van der Waals surface area contributed by atoms with Gasteiger partial charge in [0, 0.05) is 12.2 Å². The van der Waals surface area contributed by atoms with Crippen molar-refractivity contribution < 1.29 is 9.13 Å². The zero-order valence-corrected chi connectivity index (χ0v) is 12.1. The summed E-state index contributed by atoms with van der Waals surface area (Å²) in [7, 11) is 0. The Hall–Kier alpha value is -1.09. The molecular weight excluding hydrogens is 241 g/mol. The largest absolute Gasteiger partial charge is 0.383 e. The smallest absolute Gasteiger partial charge is 0.123 e. The molecule has 1 rings (SSSR count). The van der Waals surface area contributed by atoms with E-state index >= 15 is 0 Å². The summed E-state index contributed by atoms with van der Waals surface area (Å²) in [5.41, 5.74) is 0.931. The second kappa shape index (κ2) is 9.79. The normalized spacial score (nSPS) is 12.4. The van der Waals surface area contributed by atoms with Gasteiger partial charge in [-0.3, -0.25) is 0 Å². The van der Waals surface area contributed by atoms with Gasteiger partial charge in [-0.1, -0.05) is 32.6 Å². The molecule has 1 unspecified atom stereocenters. The fourth-order valence-electron chi connectivity index (χ4n) is 1.97. The van der Waals surface area contributed by atoms with Crippen LogP contribution in [0.4, 0.5) is 10.1 Å². The van der Waals surface area contributed by atoms with Crippen LogP contribution >= 0.6 is 0 Å². The Bertz CT molecular complexity index is 326. The topological polar surface area (TPSA) is 21.3 Å². The second-order valence-electron chi connectivity index (χ2n) is 4.96. The van der Waals surface area contributed by atoms with Gasteiger partial charge in [0.05, 0.1) is 12.7 Å². The number of halogens is 1. The van der Waals surface area contributed by atoms with Gasteiger partial charge in [0.25, 0.3) is 0 Å². The van der Waals surface area contributed by atoms with E-state index in [2.05, 4.69) is 19.2 Å². The number of nitrogens with one attached hydrogen (secondary N) is 1. The van der Waals surface area contributed by atoms with Gasteiger partial charge < -0.3 is 10.1 Å². The average Bonchev–Trinajstić information content (AvgIpc) is 2.42. The minimum absolute atomic E-state index is 0.206. The third-order valence-electron chi connectivity index (χ3n) is 3.14. The molecule has 0 aliphatic rings. The van der Waals surface area contributed by atoms with Crippen LogP contribution in [-0.4, -0.2) is 19.3 Å². The van der Waals surface area contributed by atoms with Crippen LogP contribution in [-0.2, 0) is 4.74 Å². The summed E-state index contributed by atoms with van der Waals surface area (Å²) in [6.07, 6.45) is 6.61. The van der Waals surface area contributed by atoms with Crippen molar-refractivity contribution in [1.82, 2.24) is 0 Å². The first-order valence-corrected chi connectivity index (χ1v) is 7.33. The van der Waals surface area contributed by atoms with E-state index < -0.39 is 0 Å². The summed E-state index contributed by atoms with van der Waals surface area (Å²) in [5.74, 6) is -0.206. The lowest BCUT2D eigenvalue weighted by Gasteiger charge is -2.13. The van der Waals surface area contributed by atoms with Gasteiger partial charge in [0.1, 0.15) is 5.82 Å². The maximum atomic E-state index is 12.7. The number of rotatable bonds is 10. The molecule has 3 heteroatoms. The standard InChI is InChI=1S/C16H26FNO/c1-3-4-5-6-7-14(2)19-13-12-18-16-10-8-15(17)9-11-16/h8-11,14,18H,3-7,12-13H2,1-2H3. The van der Waals surface area contributed by atoms with Crippen LogP contribution in [0.15, 0.2) is 24.3 Å². The Balaban J connectivity index is 2.02. The van der Waals surface area contributed by atoms with Crippen LogP contribution in [0.25, 0.3) is 0 Å². The molecule has 0 amide bonds. The van der Waals surface area contributed by atoms with E-state index in [-0.39, 0.29) is 5.82 Å². The molecule has 0 spiro atoms. The maximum Gasteiger partial charge on any atom is 0.123 e. The lowest BCUT2D eigenvalue weighted by Crippen LogP contribution is -2.15. The van der Waals surface area contributed by atoms with Gasteiger partial charge >= 0.3 is 0 Å². The highest BCUT2D eigenvalue weighted by Gasteiger charge is 2.01. The molecule has 19 heavy (non-hydrogen) atoms. The highest BCUT2D eigenvalue weighted by molar-refractivity contribution is 5.42. The molecule has 0 fully saturated rings. The summed E-state index contributed by atoms with van der Waals surface area (Å²) in [4.78, 5) is 0. The zero-order valence-electron chi connectivity index (χ0n) is 12.1. The van der Waals surface area contributed by atoms with Crippen LogP contribution in [0.5, 0.6) is 0 Å². The number of benzene rings is 1. The molecule has 108 valence electrons. The molecule has 0 aliphatic heterocycles. The number of hydrogen-bond acceptors (Lipinski definition) is 2. The zero-order chi connectivity index (χ0) is 13.9. The Labute approximate surface area is 116 Å². The first-order chi connectivity index (χ1) is 9.22. The van der Waals surface area contributed by atoms with Gasteiger partial charge in [-0.25, -0.2) is 4.39 Å². The molecule has 2 nitrogen and oxygen atoms in total. The molecule has 0 bridgehead atoms. The molecule has 0 aliphatic carbocycles. The summed E-state index contributed by atoms with van der Waals surface area (Å²) < 4.78 is 18.4. The van der Waals surface area contributed by atoms with Crippen molar-refractivity contribution in [3.05, 3.63) is 30.1 Å². The molecule has 0 saturated carbocycles. The quantitative estimate of drug-likeness (QED) is 0.625. The van der Waals surface area contributed by atoms with Crippen LogP contribution in [0.1, 0.15) is 46.0 Å². The predicted octanol–water partition coefficient (Wildman–Crippen LogP) is 4.61. The van der Waals surface area contributed by atoms with E-state index in [0.717, 1.165) is 18.7 Å². The predicted molar refractivity (Wildman–Crippen MR) is 79.1 cm³/mol. The molecule has 0 aromatic heterocycles. The molecule has 0 radical (unpaired) electrons. The first kappa shape index (κ1) is 16.0. The summed E-state index contributed by atoms with van der Waals surface area (Å²) in [5, 5.41) is 3.21. The van der Waals surface area contributed by atoms with E-state index in [1.54, 1.807) is 12.1 Å². The van der Waals surface area contributed by atoms with E-state index in [0.29, 0.717) is 12.7 Å². The van der Waals surface area contributed by atoms with Gasteiger partial charge in [-0.05, 0) is 37.6 Å². The summed E-state index contributed by atoms with van der Waals surface area (Å²) >= 11 is 0. The summed E-state index contributed by atoms with van der Waals surface area (Å²) in [6.45, 7) is 5.79. The Morgan fingerprint density at radius 3 is 2.58 bits per heavy atom. The van der Waals surface area contributed by atoms with Crippen molar-refractivity contribution in [2.75, 3.05) is 18.5 Å². The van der Waals surface area contributed by atoms with E-state index in [1.165, 1.54) is 37.8 Å². The molecule has 0 saturated heterocycles. The molecule has 1 atom stereocenters. The Morgan fingerprint density at radius 1 is 1.16 bits per heavy atom. The minimum atomic E-state index is -0.206. The molecule has 0 heterocycles. The molecule has 1 N–H and O–H groups in total. The van der Waals surface area contributed by atoms with Crippen molar-refractivity contribution in [2.45, 2.75) is 52.1 Å². The first-order valence-electron chi connectivity index (χ1n) is 7.33. The number of hydrogen-bond donors (Lipinski definition) is 1. The van der Waals surface area contributed by atoms with E-state index in [1.807, 2.05) is 0 Å². The Morgan fingerprint density at radius 2 is 1.89 bits per heavy atom. The van der Waals surface area contributed by atoms with Crippen LogP contribution in [0.3, 0.4) is 0 Å². The SMILES string of the molecule is CCCCCCC(C)OCCNc1ccc(F)cc1. The fraction of sp³-hybridized carbons (Fsp3) is 0.625. The number of ether oxygens (including phenoxy) is 1. The molecule has 1 aromatic rings.